The molecule has 2 aromatic rings. The molecule has 0 atom stereocenters. The second kappa shape index (κ2) is 5.28. The number of aromatic nitrogens is 2. The van der Waals surface area contributed by atoms with Crippen LogP contribution in [0, 0.1) is 12.7 Å². The molecule has 2 rings (SSSR count). The first-order valence-electron chi connectivity index (χ1n) is 5.36. The van der Waals surface area contributed by atoms with Gasteiger partial charge in [0, 0.05) is 23.6 Å². The Morgan fingerprint density at radius 3 is 2.83 bits per heavy atom. The highest BCUT2D eigenvalue weighted by Crippen LogP contribution is 2.23. The van der Waals surface area contributed by atoms with Gasteiger partial charge in [-0.15, -0.1) is 0 Å². The molecule has 0 aliphatic rings. The van der Waals surface area contributed by atoms with E-state index in [4.69, 9.17) is 11.6 Å². The van der Waals surface area contributed by atoms with E-state index < -0.39 is 0 Å². The van der Waals surface area contributed by atoms with Gasteiger partial charge in [-0.25, -0.2) is 4.39 Å². The number of benzene rings is 1. The number of halogens is 3. The number of hydrogen-bond donors (Lipinski definition) is 1. The van der Waals surface area contributed by atoms with Crippen LogP contribution in [-0.2, 0) is 13.6 Å². The Morgan fingerprint density at radius 1 is 1.50 bits per heavy atom. The quantitative estimate of drug-likeness (QED) is 0.924. The van der Waals surface area contributed by atoms with Crippen molar-refractivity contribution in [2.75, 3.05) is 5.32 Å². The molecular formula is C12H12BrClFN3. The van der Waals surface area contributed by atoms with Crippen molar-refractivity contribution in [3.8, 4) is 0 Å². The lowest BCUT2D eigenvalue weighted by atomic mass is 10.2. The van der Waals surface area contributed by atoms with Crippen molar-refractivity contribution in [1.82, 2.24) is 9.78 Å². The van der Waals surface area contributed by atoms with Gasteiger partial charge in [0.2, 0.25) is 0 Å². The number of hydrogen-bond acceptors (Lipinski definition) is 2. The van der Waals surface area contributed by atoms with Crippen molar-refractivity contribution in [1.29, 1.82) is 0 Å². The monoisotopic (exact) mass is 331 g/mol. The van der Waals surface area contributed by atoms with Crippen LogP contribution in [-0.4, -0.2) is 9.78 Å². The molecule has 0 aliphatic carbocycles. The number of aryl methyl sites for hydroxylation is 2. The fourth-order valence-corrected chi connectivity index (χ4v) is 2.29. The molecule has 0 amide bonds. The molecule has 96 valence electrons. The Hall–Kier alpha value is -1.07. The predicted molar refractivity (Wildman–Crippen MR) is 74.4 cm³/mol. The normalized spacial score (nSPS) is 10.7. The van der Waals surface area contributed by atoms with E-state index in [-0.39, 0.29) is 5.82 Å². The summed E-state index contributed by atoms with van der Waals surface area (Å²) in [6, 6.07) is 4.75. The maximum atomic E-state index is 13.5. The average Bonchev–Trinajstić information content (AvgIpc) is 2.55. The number of nitrogens with zero attached hydrogens (tertiary/aromatic N) is 2. The second-order valence-electron chi connectivity index (χ2n) is 3.96. The zero-order valence-corrected chi connectivity index (χ0v) is 12.3. The first kappa shape index (κ1) is 13.4. The molecule has 6 heteroatoms. The Balaban J connectivity index is 2.19. The molecule has 0 spiro atoms. The summed E-state index contributed by atoms with van der Waals surface area (Å²) in [5.41, 5.74) is 2.15. The van der Waals surface area contributed by atoms with Gasteiger partial charge in [-0.2, -0.15) is 5.10 Å². The van der Waals surface area contributed by atoms with Crippen LogP contribution in [0.2, 0.25) is 5.15 Å². The van der Waals surface area contributed by atoms with Crippen LogP contribution in [0.1, 0.15) is 11.3 Å². The molecular weight excluding hydrogens is 321 g/mol. The van der Waals surface area contributed by atoms with E-state index in [9.17, 15) is 4.39 Å². The van der Waals surface area contributed by atoms with Crippen LogP contribution in [0.4, 0.5) is 10.1 Å². The van der Waals surface area contributed by atoms with Crippen LogP contribution in [0.3, 0.4) is 0 Å². The summed E-state index contributed by atoms with van der Waals surface area (Å²) in [4.78, 5) is 0. The van der Waals surface area contributed by atoms with Crippen molar-refractivity contribution in [3.05, 3.63) is 44.9 Å². The molecule has 0 bridgehead atoms. The van der Waals surface area contributed by atoms with E-state index in [0.29, 0.717) is 17.4 Å². The molecule has 0 saturated carbocycles. The van der Waals surface area contributed by atoms with Gasteiger partial charge in [-0.05, 0) is 25.1 Å². The number of anilines is 1. The van der Waals surface area contributed by atoms with Crippen LogP contribution < -0.4 is 5.32 Å². The van der Waals surface area contributed by atoms with Gasteiger partial charge >= 0.3 is 0 Å². The molecule has 1 heterocycles. The zero-order chi connectivity index (χ0) is 13.3. The molecule has 0 radical (unpaired) electrons. The van der Waals surface area contributed by atoms with Crippen LogP contribution in [0.15, 0.2) is 22.7 Å². The first-order valence-corrected chi connectivity index (χ1v) is 6.53. The van der Waals surface area contributed by atoms with E-state index in [0.717, 1.165) is 15.7 Å². The van der Waals surface area contributed by atoms with Crippen molar-refractivity contribution in [2.45, 2.75) is 13.5 Å². The highest BCUT2D eigenvalue weighted by atomic mass is 79.9. The Morgan fingerprint density at radius 2 is 2.22 bits per heavy atom. The molecule has 1 N–H and O–H groups in total. The predicted octanol–water partition coefficient (Wildman–Crippen LogP) is 3.90. The minimum Gasteiger partial charge on any atom is -0.378 e. The average molecular weight is 333 g/mol. The fraction of sp³-hybridized carbons (Fsp3) is 0.250. The van der Waals surface area contributed by atoms with Crippen molar-refractivity contribution in [3.63, 3.8) is 0 Å². The fourth-order valence-electron chi connectivity index (χ4n) is 1.69. The maximum Gasteiger partial charge on any atom is 0.146 e. The number of rotatable bonds is 3. The van der Waals surface area contributed by atoms with Gasteiger partial charge in [0.1, 0.15) is 11.0 Å². The summed E-state index contributed by atoms with van der Waals surface area (Å²) in [6.07, 6.45) is 0. The lowest BCUT2D eigenvalue weighted by Crippen LogP contribution is -2.02. The Kier molecular flexibility index (Phi) is 3.92. The molecule has 0 fully saturated rings. The summed E-state index contributed by atoms with van der Waals surface area (Å²) in [6.45, 7) is 2.31. The third-order valence-corrected chi connectivity index (χ3v) is 3.62. The summed E-state index contributed by atoms with van der Waals surface area (Å²) >= 11 is 9.42. The summed E-state index contributed by atoms with van der Waals surface area (Å²) in [7, 11) is 1.78. The lowest BCUT2D eigenvalue weighted by Gasteiger charge is -2.08. The van der Waals surface area contributed by atoms with E-state index in [1.54, 1.807) is 23.9 Å². The molecule has 0 aliphatic heterocycles. The minimum atomic E-state index is -0.295. The van der Waals surface area contributed by atoms with Gasteiger partial charge in [0.25, 0.3) is 0 Å². The molecule has 18 heavy (non-hydrogen) atoms. The van der Waals surface area contributed by atoms with Crippen molar-refractivity contribution < 1.29 is 4.39 Å². The van der Waals surface area contributed by atoms with E-state index >= 15 is 0 Å². The van der Waals surface area contributed by atoms with Gasteiger partial charge in [0.15, 0.2) is 0 Å². The van der Waals surface area contributed by atoms with E-state index in [1.807, 2.05) is 6.92 Å². The van der Waals surface area contributed by atoms with Crippen LogP contribution >= 0.6 is 27.5 Å². The largest absolute Gasteiger partial charge is 0.378 e. The van der Waals surface area contributed by atoms with E-state index in [2.05, 4.69) is 26.3 Å². The van der Waals surface area contributed by atoms with Crippen LogP contribution in [0.25, 0.3) is 0 Å². The Bertz CT molecular complexity index is 583. The molecule has 1 aromatic carbocycles. The van der Waals surface area contributed by atoms with Crippen molar-refractivity contribution in [2.24, 2.45) is 7.05 Å². The smallest absolute Gasteiger partial charge is 0.146 e. The van der Waals surface area contributed by atoms with Gasteiger partial charge < -0.3 is 5.32 Å². The maximum absolute atomic E-state index is 13.5. The summed E-state index contributed by atoms with van der Waals surface area (Å²) < 4.78 is 16.0. The number of nitrogens with one attached hydrogen (secondary N) is 1. The summed E-state index contributed by atoms with van der Waals surface area (Å²) in [5.74, 6) is -0.295. The molecule has 0 unspecified atom stereocenters. The topological polar surface area (TPSA) is 29.9 Å². The minimum absolute atomic E-state index is 0.295. The zero-order valence-electron chi connectivity index (χ0n) is 9.97. The SMILES string of the molecule is Cc1nn(C)c(Cl)c1CNc1cc(Br)ccc1F. The van der Waals surface area contributed by atoms with E-state index in [1.165, 1.54) is 6.07 Å². The first-order chi connectivity index (χ1) is 8.49. The second-order valence-corrected chi connectivity index (χ2v) is 5.23. The third-order valence-electron chi connectivity index (χ3n) is 2.65. The van der Waals surface area contributed by atoms with Gasteiger partial charge in [-0.3, -0.25) is 4.68 Å². The Labute approximate surface area is 118 Å². The van der Waals surface area contributed by atoms with Crippen LogP contribution in [0.5, 0.6) is 0 Å². The summed E-state index contributed by atoms with van der Waals surface area (Å²) in [5, 5.41) is 7.79. The highest BCUT2D eigenvalue weighted by molar-refractivity contribution is 9.10. The third kappa shape index (κ3) is 2.67. The molecule has 0 saturated heterocycles. The molecule has 1 aromatic heterocycles. The van der Waals surface area contributed by atoms with Gasteiger partial charge in [0.05, 0.1) is 11.4 Å². The standard InChI is InChI=1S/C12H12BrClFN3/c1-7-9(12(14)18(2)17-7)6-16-11-5-8(13)3-4-10(11)15/h3-5,16H,6H2,1-2H3. The van der Waals surface area contributed by atoms with Crippen molar-refractivity contribution >= 4 is 33.2 Å². The lowest BCUT2D eigenvalue weighted by molar-refractivity contribution is 0.630. The highest BCUT2D eigenvalue weighted by Gasteiger charge is 2.11. The molecule has 3 nitrogen and oxygen atoms in total. The van der Waals surface area contributed by atoms with Gasteiger partial charge in [-0.1, -0.05) is 27.5 Å².